The van der Waals surface area contributed by atoms with E-state index in [1.54, 1.807) is 29.2 Å². The Morgan fingerprint density at radius 3 is 2.69 bits per heavy atom. The van der Waals surface area contributed by atoms with Crippen molar-refractivity contribution in [3.05, 3.63) is 59.1 Å². The molecular weight excluding hydrogens is 444 g/mol. The van der Waals surface area contributed by atoms with Gasteiger partial charge in [-0.15, -0.1) is 0 Å². The van der Waals surface area contributed by atoms with Crippen molar-refractivity contribution in [2.75, 3.05) is 5.32 Å². The Morgan fingerprint density at radius 1 is 1.19 bits per heavy atom. The molecule has 1 N–H and O–H groups in total. The molecule has 0 saturated heterocycles. The molecule has 0 saturated carbocycles. The van der Waals surface area contributed by atoms with Gasteiger partial charge in [0.05, 0.1) is 10.9 Å². The van der Waals surface area contributed by atoms with Crippen LogP contribution in [0.15, 0.2) is 58.5 Å². The molecular formula is C24H25ClN4O2S. The Labute approximate surface area is 197 Å². The number of para-hydroxylation sites is 1. The van der Waals surface area contributed by atoms with Crippen molar-refractivity contribution in [1.82, 2.24) is 4.90 Å². The summed E-state index contributed by atoms with van der Waals surface area (Å²) in [6, 6.07) is 14.3. The first-order valence-electron chi connectivity index (χ1n) is 10.8. The number of amides is 2. The monoisotopic (exact) mass is 468 g/mol. The van der Waals surface area contributed by atoms with Crippen LogP contribution < -0.4 is 5.32 Å². The van der Waals surface area contributed by atoms with E-state index in [9.17, 15) is 9.59 Å². The number of rotatable bonds is 6. The molecule has 2 aliphatic heterocycles. The summed E-state index contributed by atoms with van der Waals surface area (Å²) in [4.78, 5) is 37.5. The van der Waals surface area contributed by atoms with Crippen LogP contribution in [0.25, 0.3) is 0 Å². The fraction of sp³-hybridized carbons (Fsp3) is 0.333. The smallest absolute Gasteiger partial charge is 0.259 e. The van der Waals surface area contributed by atoms with Crippen LogP contribution in [0.1, 0.15) is 39.2 Å². The van der Waals surface area contributed by atoms with Crippen molar-refractivity contribution in [2.24, 2.45) is 15.9 Å². The van der Waals surface area contributed by atoms with E-state index in [1.807, 2.05) is 38.1 Å². The van der Waals surface area contributed by atoms with Gasteiger partial charge in [-0.05, 0) is 42.7 Å². The third-order valence-electron chi connectivity index (χ3n) is 5.68. The average molecular weight is 469 g/mol. The number of carbonyl (C=O) groups is 2. The molecule has 6 nitrogen and oxygen atoms in total. The molecule has 0 bridgehead atoms. The molecule has 3 atom stereocenters. The van der Waals surface area contributed by atoms with Gasteiger partial charge in [0.25, 0.3) is 5.91 Å². The van der Waals surface area contributed by atoms with Gasteiger partial charge in [-0.1, -0.05) is 68.8 Å². The van der Waals surface area contributed by atoms with Crippen molar-refractivity contribution < 1.29 is 9.59 Å². The van der Waals surface area contributed by atoms with Gasteiger partial charge in [-0.25, -0.2) is 9.89 Å². The second kappa shape index (κ2) is 9.46. The molecule has 0 unspecified atom stereocenters. The lowest BCUT2D eigenvalue weighted by atomic mass is 10.00. The van der Waals surface area contributed by atoms with E-state index < -0.39 is 11.3 Å². The molecule has 0 fully saturated rings. The van der Waals surface area contributed by atoms with Crippen molar-refractivity contribution >= 4 is 57.6 Å². The first-order valence-corrected chi connectivity index (χ1v) is 12.0. The first kappa shape index (κ1) is 22.6. The number of aliphatic imine (C=N–C) groups is 2. The maximum absolute atomic E-state index is 13.3. The molecule has 166 valence electrons. The summed E-state index contributed by atoms with van der Waals surface area (Å²) in [6.45, 7) is 6.03. The van der Waals surface area contributed by atoms with Crippen LogP contribution in [0.4, 0.5) is 11.4 Å². The standard InChI is InChI=1S/C24H25ClN4O2S/c1-4-14(3)20-23(31)29-21(28-20)17-11-6-7-12-18(17)27-24(29)32-19(5-2)22(30)26-16-10-8-9-15(25)13-16/h6-14,19-20H,4-5H2,1-3H3,(H,26,30)/t14-,19+,20+/m1/s1. The number of benzene rings is 2. The Balaban J connectivity index is 1.63. The zero-order chi connectivity index (χ0) is 22.8. The van der Waals surface area contributed by atoms with Crippen LogP contribution in [0.2, 0.25) is 5.02 Å². The summed E-state index contributed by atoms with van der Waals surface area (Å²) in [6.07, 6.45) is 1.42. The lowest BCUT2D eigenvalue weighted by Gasteiger charge is -2.27. The highest BCUT2D eigenvalue weighted by molar-refractivity contribution is 8.15. The number of hydrogen-bond donors (Lipinski definition) is 1. The fourth-order valence-corrected chi connectivity index (χ4v) is 4.89. The third kappa shape index (κ3) is 4.32. The zero-order valence-electron chi connectivity index (χ0n) is 18.2. The third-order valence-corrected chi connectivity index (χ3v) is 7.24. The zero-order valence-corrected chi connectivity index (χ0v) is 19.8. The molecule has 8 heteroatoms. The normalized spacial score (nSPS) is 18.9. The molecule has 2 aromatic carbocycles. The maximum atomic E-state index is 13.3. The molecule has 32 heavy (non-hydrogen) atoms. The number of thioether (sulfide) groups is 1. The van der Waals surface area contributed by atoms with Crippen molar-refractivity contribution in [3.63, 3.8) is 0 Å². The van der Waals surface area contributed by atoms with Gasteiger partial charge in [0.1, 0.15) is 11.9 Å². The Kier molecular flexibility index (Phi) is 6.67. The summed E-state index contributed by atoms with van der Waals surface area (Å²) in [5.74, 6) is 0.496. The maximum Gasteiger partial charge on any atom is 0.259 e. The van der Waals surface area contributed by atoms with E-state index in [2.05, 4.69) is 12.2 Å². The summed E-state index contributed by atoms with van der Waals surface area (Å²) >= 11 is 7.33. The van der Waals surface area contributed by atoms with Gasteiger partial charge in [0.2, 0.25) is 5.91 Å². The van der Waals surface area contributed by atoms with E-state index >= 15 is 0 Å². The van der Waals surface area contributed by atoms with Gasteiger partial charge in [0.15, 0.2) is 5.17 Å². The second-order valence-electron chi connectivity index (χ2n) is 7.88. The molecule has 0 radical (unpaired) electrons. The molecule has 4 rings (SSSR count). The van der Waals surface area contributed by atoms with Crippen LogP contribution in [-0.2, 0) is 9.59 Å². The van der Waals surface area contributed by atoms with Gasteiger partial charge in [-0.3, -0.25) is 14.6 Å². The van der Waals surface area contributed by atoms with Crippen LogP contribution >= 0.6 is 23.4 Å². The lowest BCUT2D eigenvalue weighted by Crippen LogP contribution is -2.43. The number of nitrogens with zero attached hydrogens (tertiary/aromatic N) is 3. The highest BCUT2D eigenvalue weighted by Gasteiger charge is 2.43. The average Bonchev–Trinajstić information content (AvgIpc) is 3.14. The van der Waals surface area contributed by atoms with E-state index in [1.165, 1.54) is 11.8 Å². The number of carbonyl (C=O) groups excluding carboxylic acids is 2. The van der Waals surface area contributed by atoms with Gasteiger partial charge >= 0.3 is 0 Å². The van der Waals surface area contributed by atoms with Gasteiger partial charge in [0, 0.05) is 16.3 Å². The molecule has 0 aliphatic carbocycles. The minimum Gasteiger partial charge on any atom is -0.325 e. The minimum atomic E-state index is -0.438. The van der Waals surface area contributed by atoms with Crippen molar-refractivity contribution in [1.29, 1.82) is 0 Å². The SMILES string of the molecule is CC[C@H](SC1=Nc2ccccc2C2=N[C@@H]([C@H](C)CC)C(=O)N12)C(=O)Nc1cccc(Cl)c1. The van der Waals surface area contributed by atoms with E-state index in [4.69, 9.17) is 21.6 Å². The summed E-state index contributed by atoms with van der Waals surface area (Å²) < 4.78 is 0. The van der Waals surface area contributed by atoms with Gasteiger partial charge < -0.3 is 5.32 Å². The molecule has 2 aromatic rings. The first-order chi connectivity index (χ1) is 15.4. The Morgan fingerprint density at radius 2 is 1.97 bits per heavy atom. The van der Waals surface area contributed by atoms with Crippen LogP contribution in [0.3, 0.4) is 0 Å². The van der Waals surface area contributed by atoms with Gasteiger partial charge in [-0.2, -0.15) is 0 Å². The number of hydrogen-bond acceptors (Lipinski definition) is 5. The number of amidine groups is 2. The van der Waals surface area contributed by atoms with Crippen molar-refractivity contribution in [2.45, 2.75) is 44.9 Å². The number of anilines is 1. The highest BCUT2D eigenvalue weighted by Crippen LogP contribution is 2.36. The Hall–Kier alpha value is -2.64. The molecule has 0 spiro atoms. The van der Waals surface area contributed by atoms with E-state index in [0.29, 0.717) is 28.1 Å². The molecule has 2 aliphatic rings. The fourth-order valence-electron chi connectivity index (χ4n) is 3.68. The number of fused-ring (bicyclic) bond motifs is 3. The minimum absolute atomic E-state index is 0.0831. The topological polar surface area (TPSA) is 74.1 Å². The Bertz CT molecular complexity index is 1120. The van der Waals surface area contributed by atoms with E-state index in [0.717, 1.165) is 17.7 Å². The van der Waals surface area contributed by atoms with E-state index in [-0.39, 0.29) is 17.7 Å². The predicted molar refractivity (Wildman–Crippen MR) is 132 cm³/mol. The summed E-state index contributed by atoms with van der Waals surface area (Å²) in [5.41, 5.74) is 2.23. The second-order valence-corrected chi connectivity index (χ2v) is 9.49. The van der Waals surface area contributed by atoms with Crippen LogP contribution in [0.5, 0.6) is 0 Å². The van der Waals surface area contributed by atoms with Crippen LogP contribution in [-0.4, -0.2) is 39.0 Å². The summed E-state index contributed by atoms with van der Waals surface area (Å²) in [7, 11) is 0. The lowest BCUT2D eigenvalue weighted by molar-refractivity contribution is -0.125. The predicted octanol–water partition coefficient (Wildman–Crippen LogP) is 5.50. The largest absolute Gasteiger partial charge is 0.325 e. The van der Waals surface area contributed by atoms with Crippen molar-refractivity contribution in [3.8, 4) is 0 Å². The number of halogens is 1. The summed E-state index contributed by atoms with van der Waals surface area (Å²) in [5, 5.41) is 3.53. The molecule has 2 heterocycles. The highest BCUT2D eigenvalue weighted by atomic mass is 35.5. The quantitative estimate of drug-likeness (QED) is 0.608. The number of nitrogens with one attached hydrogen (secondary N) is 1. The molecule has 2 amide bonds. The molecule has 0 aromatic heterocycles. The van der Waals surface area contributed by atoms with Crippen LogP contribution in [0, 0.1) is 5.92 Å².